The zero-order valence-electron chi connectivity index (χ0n) is 12.7. The Morgan fingerprint density at radius 2 is 1.62 bits per heavy atom. The smallest absolute Gasteiger partial charge is 0.200 e. The van der Waals surface area contributed by atoms with Crippen LogP contribution in [0.15, 0.2) is 42.5 Å². The first-order valence-corrected chi connectivity index (χ1v) is 6.97. The summed E-state index contributed by atoms with van der Waals surface area (Å²) in [6.07, 6.45) is 0. The fourth-order valence-electron chi connectivity index (χ4n) is 2.27. The SMILES string of the molecule is COc1cc(C[NH2+][C@@H](C)c2ccccc2)cc(OC)c1O. The van der Waals surface area contributed by atoms with Crippen LogP contribution in [0.5, 0.6) is 17.2 Å². The minimum absolute atomic E-state index is 0.0415. The van der Waals surface area contributed by atoms with Gasteiger partial charge in [0, 0.05) is 11.1 Å². The minimum Gasteiger partial charge on any atom is -0.502 e. The predicted octanol–water partition coefficient (Wildman–Crippen LogP) is 2.23. The van der Waals surface area contributed by atoms with Gasteiger partial charge >= 0.3 is 0 Å². The molecular weight excluding hydrogens is 266 g/mol. The molecule has 0 unspecified atom stereocenters. The molecule has 4 nitrogen and oxygen atoms in total. The van der Waals surface area contributed by atoms with Gasteiger partial charge in [0.15, 0.2) is 11.5 Å². The van der Waals surface area contributed by atoms with Gasteiger partial charge in [-0.15, -0.1) is 0 Å². The Balaban J connectivity index is 2.09. The van der Waals surface area contributed by atoms with Gasteiger partial charge in [-0.2, -0.15) is 0 Å². The zero-order valence-corrected chi connectivity index (χ0v) is 12.7. The van der Waals surface area contributed by atoms with Crippen molar-refractivity contribution in [3.05, 3.63) is 53.6 Å². The molecule has 21 heavy (non-hydrogen) atoms. The lowest BCUT2D eigenvalue weighted by Crippen LogP contribution is -2.83. The van der Waals surface area contributed by atoms with E-state index in [1.807, 2.05) is 30.3 Å². The molecule has 0 spiro atoms. The van der Waals surface area contributed by atoms with Crippen LogP contribution >= 0.6 is 0 Å². The number of ether oxygens (including phenoxy) is 2. The highest BCUT2D eigenvalue weighted by molar-refractivity contribution is 5.52. The Bertz CT molecular complexity index is 559. The van der Waals surface area contributed by atoms with Crippen LogP contribution in [-0.2, 0) is 6.54 Å². The summed E-state index contributed by atoms with van der Waals surface area (Å²) in [4.78, 5) is 0. The van der Waals surface area contributed by atoms with E-state index in [-0.39, 0.29) is 5.75 Å². The molecular formula is C17H22NO3+. The van der Waals surface area contributed by atoms with E-state index in [1.165, 1.54) is 19.8 Å². The van der Waals surface area contributed by atoms with Gasteiger partial charge in [-0.05, 0) is 19.1 Å². The molecule has 3 N–H and O–H groups in total. The third-order valence-electron chi connectivity index (χ3n) is 3.57. The largest absolute Gasteiger partial charge is 0.502 e. The highest BCUT2D eigenvalue weighted by Crippen LogP contribution is 2.36. The molecule has 2 aromatic carbocycles. The fraction of sp³-hybridized carbons (Fsp3) is 0.294. The van der Waals surface area contributed by atoms with E-state index in [4.69, 9.17) is 9.47 Å². The van der Waals surface area contributed by atoms with E-state index in [9.17, 15) is 5.11 Å². The fourth-order valence-corrected chi connectivity index (χ4v) is 2.27. The number of hydrogen-bond acceptors (Lipinski definition) is 3. The summed E-state index contributed by atoms with van der Waals surface area (Å²) in [5.74, 6) is 0.912. The van der Waals surface area contributed by atoms with Gasteiger partial charge in [-0.25, -0.2) is 0 Å². The maximum atomic E-state index is 9.91. The van der Waals surface area contributed by atoms with Crippen molar-refractivity contribution in [2.75, 3.05) is 14.2 Å². The number of aromatic hydroxyl groups is 1. The molecule has 2 aromatic rings. The predicted molar refractivity (Wildman–Crippen MR) is 81.7 cm³/mol. The summed E-state index contributed by atoms with van der Waals surface area (Å²) in [6, 6.07) is 14.4. The molecule has 0 fully saturated rings. The molecule has 4 heteroatoms. The molecule has 0 bridgehead atoms. The number of benzene rings is 2. The van der Waals surface area contributed by atoms with E-state index in [0.717, 1.165) is 12.1 Å². The molecule has 0 aliphatic heterocycles. The number of phenolic OH excluding ortho intramolecular Hbond substituents is 1. The quantitative estimate of drug-likeness (QED) is 0.857. The van der Waals surface area contributed by atoms with Crippen molar-refractivity contribution in [2.24, 2.45) is 0 Å². The Hall–Kier alpha value is -2.20. The van der Waals surface area contributed by atoms with Gasteiger partial charge in [-0.3, -0.25) is 0 Å². The van der Waals surface area contributed by atoms with E-state index in [1.54, 1.807) is 0 Å². The molecule has 0 radical (unpaired) electrons. The van der Waals surface area contributed by atoms with Gasteiger partial charge < -0.3 is 19.9 Å². The summed E-state index contributed by atoms with van der Waals surface area (Å²) < 4.78 is 10.4. The van der Waals surface area contributed by atoms with Crippen LogP contribution < -0.4 is 14.8 Å². The van der Waals surface area contributed by atoms with E-state index in [2.05, 4.69) is 24.4 Å². The van der Waals surface area contributed by atoms with Crippen LogP contribution in [0.25, 0.3) is 0 Å². The van der Waals surface area contributed by atoms with Crippen LogP contribution in [-0.4, -0.2) is 19.3 Å². The molecule has 0 heterocycles. The van der Waals surface area contributed by atoms with Crippen molar-refractivity contribution in [3.8, 4) is 17.2 Å². The third-order valence-corrected chi connectivity index (χ3v) is 3.57. The highest BCUT2D eigenvalue weighted by Gasteiger charge is 2.13. The molecule has 0 aliphatic rings. The van der Waals surface area contributed by atoms with Crippen LogP contribution in [0.1, 0.15) is 24.1 Å². The average molecular weight is 288 g/mol. The second-order valence-electron chi connectivity index (χ2n) is 4.99. The van der Waals surface area contributed by atoms with Crippen LogP contribution in [0, 0.1) is 0 Å². The molecule has 1 atom stereocenters. The topological polar surface area (TPSA) is 55.3 Å². The number of phenols is 1. The van der Waals surface area contributed by atoms with Crippen molar-refractivity contribution < 1.29 is 19.9 Å². The molecule has 0 saturated carbocycles. The number of quaternary nitrogens is 1. The average Bonchev–Trinajstić information content (AvgIpc) is 2.54. The van der Waals surface area contributed by atoms with Crippen molar-refractivity contribution in [1.29, 1.82) is 0 Å². The Labute approximate surface area is 125 Å². The number of rotatable bonds is 6. The third kappa shape index (κ3) is 3.67. The summed E-state index contributed by atoms with van der Waals surface area (Å²) in [7, 11) is 3.07. The maximum absolute atomic E-state index is 9.91. The van der Waals surface area contributed by atoms with Crippen molar-refractivity contribution in [1.82, 2.24) is 0 Å². The first-order valence-electron chi connectivity index (χ1n) is 6.97. The van der Waals surface area contributed by atoms with Gasteiger partial charge in [0.05, 0.1) is 14.2 Å². The Morgan fingerprint density at radius 3 is 2.14 bits per heavy atom. The number of hydrogen-bond donors (Lipinski definition) is 2. The number of methoxy groups -OCH3 is 2. The van der Waals surface area contributed by atoms with E-state index >= 15 is 0 Å². The molecule has 0 amide bonds. The molecule has 112 valence electrons. The Morgan fingerprint density at radius 1 is 1.05 bits per heavy atom. The normalized spacial score (nSPS) is 12.0. The van der Waals surface area contributed by atoms with Crippen molar-refractivity contribution in [3.63, 3.8) is 0 Å². The second kappa shape index (κ2) is 6.99. The summed E-state index contributed by atoms with van der Waals surface area (Å²) >= 11 is 0. The zero-order chi connectivity index (χ0) is 15.2. The summed E-state index contributed by atoms with van der Waals surface area (Å²) in [5.41, 5.74) is 2.33. The highest BCUT2D eigenvalue weighted by atomic mass is 16.5. The van der Waals surface area contributed by atoms with Gasteiger partial charge in [0.2, 0.25) is 5.75 Å². The van der Waals surface area contributed by atoms with E-state index in [0.29, 0.717) is 17.5 Å². The van der Waals surface area contributed by atoms with Crippen LogP contribution in [0.3, 0.4) is 0 Å². The first kappa shape index (κ1) is 15.2. The van der Waals surface area contributed by atoms with Crippen LogP contribution in [0.2, 0.25) is 0 Å². The lowest BCUT2D eigenvalue weighted by atomic mass is 10.1. The van der Waals surface area contributed by atoms with Crippen molar-refractivity contribution >= 4 is 0 Å². The monoisotopic (exact) mass is 288 g/mol. The molecule has 0 aliphatic carbocycles. The standard InChI is InChI=1S/C17H21NO3/c1-12(14-7-5-4-6-8-14)18-11-13-9-15(20-2)17(19)16(10-13)21-3/h4-10,12,18-19H,11H2,1-3H3/p+1/t12-/m0/s1. The second-order valence-corrected chi connectivity index (χ2v) is 4.99. The van der Waals surface area contributed by atoms with Crippen LogP contribution in [0.4, 0.5) is 0 Å². The lowest BCUT2D eigenvalue weighted by Gasteiger charge is -2.13. The first-order chi connectivity index (χ1) is 10.2. The van der Waals surface area contributed by atoms with E-state index < -0.39 is 0 Å². The van der Waals surface area contributed by atoms with Gasteiger partial charge in [-0.1, -0.05) is 30.3 Å². The minimum atomic E-state index is 0.0415. The van der Waals surface area contributed by atoms with Crippen molar-refractivity contribution in [2.45, 2.75) is 19.5 Å². The molecule has 0 saturated heterocycles. The van der Waals surface area contributed by atoms with Gasteiger partial charge in [0.1, 0.15) is 12.6 Å². The molecule has 0 aromatic heterocycles. The Kier molecular flexibility index (Phi) is 5.06. The number of nitrogens with two attached hydrogens (primary N) is 1. The lowest BCUT2D eigenvalue weighted by molar-refractivity contribution is -0.707. The van der Waals surface area contributed by atoms with Gasteiger partial charge in [0.25, 0.3) is 0 Å². The maximum Gasteiger partial charge on any atom is 0.200 e. The summed E-state index contributed by atoms with van der Waals surface area (Å²) in [5, 5.41) is 12.1. The summed E-state index contributed by atoms with van der Waals surface area (Å²) in [6.45, 7) is 2.95. The molecule has 2 rings (SSSR count).